The quantitative estimate of drug-likeness (QED) is 0.00677. The monoisotopic (exact) mass is 1310 g/mol. The van der Waals surface area contributed by atoms with Crippen molar-refractivity contribution in [1.82, 2.24) is 0 Å². The van der Waals surface area contributed by atoms with Gasteiger partial charge in [0.25, 0.3) is 0 Å². The number of aromatic carboxylic acids is 1. The molecule has 504 valence electrons. The number of carbonyl (C=O) groups excluding carboxylic acids is 3. The summed E-state index contributed by atoms with van der Waals surface area (Å²) in [5.74, 6) is -3.70. The fourth-order valence-electron chi connectivity index (χ4n) is 9.48. The molecule has 24 nitrogen and oxygen atoms in total. The smallest absolute Gasteiger partial charge is 0.342 e. The van der Waals surface area contributed by atoms with Crippen molar-refractivity contribution in [2.24, 2.45) is 22.1 Å². The topological polar surface area (TPSA) is 306 Å². The highest BCUT2D eigenvalue weighted by molar-refractivity contribution is 6.76. The van der Waals surface area contributed by atoms with Crippen LogP contribution in [-0.2, 0) is 42.6 Å². The lowest BCUT2D eigenvalue weighted by atomic mass is 10.0. The van der Waals surface area contributed by atoms with Crippen LogP contribution in [0, 0.1) is 11.8 Å². The third-order valence-corrected chi connectivity index (χ3v) is 15.6. The molecular weight excluding hydrogens is 1220 g/mol. The molecule has 6 rings (SSSR count). The number of carbonyl (C=O) groups is 4. The highest BCUT2D eigenvalue weighted by Gasteiger charge is 2.47. The van der Waals surface area contributed by atoms with Crippen LogP contribution in [0.3, 0.4) is 0 Å². The Hall–Kier alpha value is -8.48. The summed E-state index contributed by atoms with van der Waals surface area (Å²) in [7, 11) is 4.49. The lowest BCUT2D eigenvalue weighted by Crippen LogP contribution is -2.37. The summed E-state index contributed by atoms with van der Waals surface area (Å²) < 4.78 is 74.8. The summed E-state index contributed by atoms with van der Waals surface area (Å²) in [6.07, 6.45) is 10.6. The average molecular weight is 1310 g/mol. The number of hydrogen-bond donors (Lipinski definition) is 1. The molecule has 0 saturated carbocycles. The maximum absolute atomic E-state index is 13.5. The highest BCUT2D eigenvalue weighted by atomic mass is 28.3. The molecule has 2 fully saturated rings. The first-order valence-corrected chi connectivity index (χ1v) is 33.6. The molecule has 0 amide bonds. The number of esters is 3. The number of nitrogens with zero attached hydrogens (tertiary/aromatic N) is 6. The molecule has 0 radical (unpaired) electrons. The van der Waals surface area contributed by atoms with Gasteiger partial charge < -0.3 is 66.7 Å². The Labute approximate surface area is 545 Å². The Morgan fingerprint density at radius 2 is 1.02 bits per heavy atom. The largest absolute Gasteiger partial charge is 0.497 e. The Balaban J connectivity index is 0.000000395. The van der Waals surface area contributed by atoms with Crippen LogP contribution in [0.25, 0.3) is 33.0 Å². The first-order chi connectivity index (χ1) is 43.8. The maximum Gasteiger partial charge on any atom is 0.342 e. The summed E-state index contributed by atoms with van der Waals surface area (Å²) in [4.78, 5) is 57.5. The van der Waals surface area contributed by atoms with Gasteiger partial charge in [-0.15, -0.1) is 0 Å². The zero-order valence-corrected chi connectivity index (χ0v) is 55.5. The minimum atomic E-state index is -1.44. The molecule has 2 aliphatic heterocycles. The predicted molar refractivity (Wildman–Crippen MR) is 354 cm³/mol. The fraction of sp³-hybridized carbons (Fsp3) is 0.471. The molecule has 0 aliphatic carbocycles. The molecule has 0 aromatic heterocycles. The summed E-state index contributed by atoms with van der Waals surface area (Å²) >= 11 is 0. The molecule has 4 aromatic carbocycles. The fourth-order valence-corrected chi connectivity index (χ4v) is 10.2. The van der Waals surface area contributed by atoms with Gasteiger partial charge in [0.15, 0.2) is 25.2 Å². The van der Waals surface area contributed by atoms with Gasteiger partial charge >= 0.3 is 23.9 Å². The molecular formula is C68H90N6O18Si. The number of hydrogen-bond acceptors (Lipinski definition) is 19. The molecule has 93 heavy (non-hydrogen) atoms. The third kappa shape index (κ3) is 25.2. The highest BCUT2D eigenvalue weighted by Crippen LogP contribution is 2.38. The Morgan fingerprint density at radius 3 is 1.40 bits per heavy atom. The van der Waals surface area contributed by atoms with Crippen LogP contribution in [0.5, 0.6) is 23.0 Å². The van der Waals surface area contributed by atoms with Crippen molar-refractivity contribution >= 4 is 44.1 Å². The van der Waals surface area contributed by atoms with E-state index in [0.717, 1.165) is 6.04 Å². The Morgan fingerprint density at radius 1 is 0.613 bits per heavy atom. The number of methoxy groups -OCH3 is 4. The minimum Gasteiger partial charge on any atom is -0.497 e. The third-order valence-electron chi connectivity index (χ3n) is 13.9. The first-order valence-electron chi connectivity index (χ1n) is 29.9. The van der Waals surface area contributed by atoms with E-state index in [1.807, 2.05) is 32.1 Å². The van der Waals surface area contributed by atoms with Gasteiger partial charge in [0, 0.05) is 57.3 Å². The van der Waals surface area contributed by atoms with Crippen LogP contribution in [0.15, 0.2) is 132 Å². The molecule has 4 aromatic rings. The zero-order valence-electron chi connectivity index (χ0n) is 54.5. The van der Waals surface area contributed by atoms with E-state index in [9.17, 15) is 24.3 Å². The van der Waals surface area contributed by atoms with Crippen molar-refractivity contribution in [3.63, 3.8) is 0 Å². The Kier molecular flexibility index (Phi) is 31.4. The van der Waals surface area contributed by atoms with E-state index >= 15 is 0 Å². The molecule has 25 heteroatoms. The predicted octanol–water partition coefficient (Wildman–Crippen LogP) is 14.5. The van der Waals surface area contributed by atoms with Gasteiger partial charge in [-0.1, -0.05) is 124 Å². The van der Waals surface area contributed by atoms with Crippen LogP contribution in [0.1, 0.15) is 114 Å². The summed E-state index contributed by atoms with van der Waals surface area (Å²) in [6, 6.07) is 24.5. The van der Waals surface area contributed by atoms with Crippen molar-refractivity contribution in [3.8, 4) is 23.0 Å². The molecule has 0 bridgehead atoms. The van der Waals surface area contributed by atoms with E-state index in [1.165, 1.54) is 34.5 Å². The van der Waals surface area contributed by atoms with Crippen LogP contribution in [0.2, 0.25) is 25.7 Å². The molecule has 2 heterocycles. The number of carboxylic acid groups (broad SMARTS) is 1. The molecule has 1 N–H and O–H groups in total. The van der Waals surface area contributed by atoms with Crippen molar-refractivity contribution in [3.05, 3.63) is 176 Å². The normalized spacial score (nSPS) is 18.6. The zero-order chi connectivity index (χ0) is 67.4. The van der Waals surface area contributed by atoms with E-state index < -0.39 is 80.1 Å². The van der Waals surface area contributed by atoms with E-state index in [2.05, 4.69) is 39.7 Å². The van der Waals surface area contributed by atoms with Crippen molar-refractivity contribution in [1.29, 1.82) is 0 Å². The molecule has 2 unspecified atom stereocenters. The van der Waals surface area contributed by atoms with Gasteiger partial charge in [0.2, 0.25) is 0 Å². The summed E-state index contributed by atoms with van der Waals surface area (Å²) in [5.41, 5.74) is 19.3. The second-order valence-corrected chi connectivity index (χ2v) is 29.2. The van der Waals surface area contributed by atoms with Crippen molar-refractivity contribution < 1.29 is 85.9 Å². The van der Waals surface area contributed by atoms with E-state index in [-0.39, 0.29) is 68.6 Å². The molecule has 8 atom stereocenters. The number of ether oxygens (including phenoxy) is 13. The van der Waals surface area contributed by atoms with Gasteiger partial charge in [-0.05, 0) is 129 Å². The standard InChI is InChI=1S/C36H49N3O9Si.C31H37N3O9.CH4/c1-25(23-38-39-37)17-18-29(46-34(40)26-13-10-9-11-14-26)33-30(47-36(2,3)48-33)16-12-15-27-21-28(43-5)22-31(45-24-42-4)32(27)35(41)44-19-20-49(6,7)8;1-20(18-33-34-32)14-15-24(41-30(37)21-10-7-6-8-11-21)28-25(42-31(2,3)43-28)13-9-12-22-16-23(39-5)17-26(40-19-38-4)27(22)29(35)36;/h9-15,17-18,21-22,25,29-30,33H,16,19-20,23-24H2,1-8H3;6-12,14-17,20,24-25,28H,13,18-19H2,1-5H3,(H,35,36);1H4/b15-12+,18-17-;12-9+,15-14-;/t25-,29?,30-,33+;20-,24?,25-,28+;/m00./s1. The van der Waals surface area contributed by atoms with Crippen LogP contribution >= 0.6 is 0 Å². The van der Waals surface area contributed by atoms with E-state index in [1.54, 1.807) is 137 Å². The minimum absolute atomic E-state index is 0. The second kappa shape index (κ2) is 37.9. The second-order valence-electron chi connectivity index (χ2n) is 23.6. The van der Waals surface area contributed by atoms with Crippen LogP contribution < -0.4 is 18.9 Å². The molecule has 0 spiro atoms. The number of azide groups is 2. The number of rotatable bonds is 33. The van der Waals surface area contributed by atoms with Crippen molar-refractivity contribution in [2.45, 2.75) is 136 Å². The van der Waals surface area contributed by atoms with E-state index in [0.29, 0.717) is 53.2 Å². The van der Waals surface area contributed by atoms with Crippen molar-refractivity contribution in [2.75, 3.05) is 61.7 Å². The molecule has 2 aliphatic rings. The summed E-state index contributed by atoms with van der Waals surface area (Å²) in [6.45, 7) is 18.1. The molecule has 2 saturated heterocycles. The first kappa shape index (κ1) is 77.0. The maximum atomic E-state index is 13.5. The lowest BCUT2D eigenvalue weighted by Gasteiger charge is -2.24. The van der Waals surface area contributed by atoms with Gasteiger partial charge in [-0.2, -0.15) is 0 Å². The van der Waals surface area contributed by atoms with E-state index in [4.69, 9.17) is 72.6 Å². The van der Waals surface area contributed by atoms with Gasteiger partial charge in [-0.3, -0.25) is 0 Å². The van der Waals surface area contributed by atoms with Gasteiger partial charge in [0.1, 0.15) is 58.5 Å². The number of carboxylic acids is 1. The van der Waals surface area contributed by atoms with Gasteiger partial charge in [-0.25, -0.2) is 19.2 Å². The van der Waals surface area contributed by atoms with Crippen LogP contribution in [-0.4, -0.2) is 147 Å². The number of benzene rings is 4. The lowest BCUT2D eigenvalue weighted by molar-refractivity contribution is -0.153. The average Bonchev–Trinajstić information content (AvgIpc) is 1.87. The van der Waals surface area contributed by atoms with Crippen LogP contribution in [0.4, 0.5) is 0 Å². The summed E-state index contributed by atoms with van der Waals surface area (Å²) in [5, 5.41) is 17.2. The SMILES string of the molecule is C.COCOc1cc(OC)cc(/C=C/C[C@@H]2OC(C)(C)O[C@@H]2C(/C=C\[C@H](C)CN=[N+]=[N-])OC(=O)c2ccccc2)c1C(=O)O.COCOc1cc(OC)cc(/C=C/C[C@@H]2OC(C)(C)O[C@@H]2C(/C=C\[C@H](C)CN=[N+]=[N-])OC(=O)c2ccccc2)c1C(=O)OCC[Si](C)(C)C. The van der Waals surface area contributed by atoms with Gasteiger partial charge in [0.05, 0.1) is 44.2 Å². The Bertz CT molecular complexity index is 3290.